The van der Waals surface area contributed by atoms with Crippen molar-refractivity contribution in [2.45, 2.75) is 76.2 Å². The molecule has 0 spiro atoms. The van der Waals surface area contributed by atoms with Crippen LogP contribution >= 0.6 is 0 Å². The van der Waals surface area contributed by atoms with Crippen molar-refractivity contribution in [3.05, 3.63) is 23.3 Å². The van der Waals surface area contributed by atoms with Crippen LogP contribution in [0.2, 0.25) is 0 Å². The third kappa shape index (κ3) is 2.97. The molecule has 3 heteroatoms. The molecule has 0 radical (unpaired) electrons. The summed E-state index contributed by atoms with van der Waals surface area (Å²) >= 11 is 0. The van der Waals surface area contributed by atoms with Crippen LogP contribution in [0.4, 0.5) is 0 Å². The van der Waals surface area contributed by atoms with Gasteiger partial charge in [0.25, 0.3) is 0 Å². The molecule has 0 aromatic carbocycles. The molecule has 2 aliphatic rings. The smallest absolute Gasteiger partial charge is 0.131 e. The topological polar surface area (TPSA) is 51.8 Å². The standard InChI is InChI=1S/C16H25N3/c17-14-9-5-6-10-15-13(14)11-18-16(19-15)12-7-3-1-2-4-8-12/h11-12,14H,1-10,17H2. The summed E-state index contributed by atoms with van der Waals surface area (Å²) in [4.78, 5) is 9.56. The van der Waals surface area contributed by atoms with E-state index < -0.39 is 0 Å². The van der Waals surface area contributed by atoms with Crippen LogP contribution in [0, 0.1) is 0 Å². The first-order valence-electron chi connectivity index (χ1n) is 7.96. The van der Waals surface area contributed by atoms with Gasteiger partial charge in [-0.1, -0.05) is 32.1 Å². The summed E-state index contributed by atoms with van der Waals surface area (Å²) in [6, 6.07) is 0.153. The van der Waals surface area contributed by atoms with E-state index in [1.807, 2.05) is 6.20 Å². The summed E-state index contributed by atoms with van der Waals surface area (Å²) in [6.07, 6.45) is 14.6. The van der Waals surface area contributed by atoms with Crippen molar-refractivity contribution in [1.29, 1.82) is 0 Å². The fourth-order valence-electron chi connectivity index (χ4n) is 3.50. The zero-order chi connectivity index (χ0) is 13.1. The van der Waals surface area contributed by atoms with Crippen LogP contribution in [0.1, 0.15) is 86.8 Å². The van der Waals surface area contributed by atoms with Crippen molar-refractivity contribution in [3.63, 3.8) is 0 Å². The van der Waals surface area contributed by atoms with E-state index in [1.54, 1.807) is 0 Å². The predicted octanol–water partition coefficient (Wildman–Crippen LogP) is 3.64. The Bertz CT molecular complexity index is 422. The zero-order valence-electron chi connectivity index (χ0n) is 11.8. The third-order valence-corrected chi connectivity index (χ3v) is 4.72. The lowest BCUT2D eigenvalue weighted by Gasteiger charge is -2.16. The van der Waals surface area contributed by atoms with Gasteiger partial charge in [0.1, 0.15) is 5.82 Å². The second-order valence-electron chi connectivity index (χ2n) is 6.17. The van der Waals surface area contributed by atoms with Gasteiger partial charge < -0.3 is 5.73 Å². The largest absolute Gasteiger partial charge is 0.324 e. The second-order valence-corrected chi connectivity index (χ2v) is 6.17. The summed E-state index contributed by atoms with van der Waals surface area (Å²) in [5.41, 5.74) is 8.66. The van der Waals surface area contributed by atoms with E-state index in [9.17, 15) is 0 Å². The van der Waals surface area contributed by atoms with Crippen LogP contribution in [-0.2, 0) is 6.42 Å². The predicted molar refractivity (Wildman–Crippen MR) is 77.0 cm³/mol. The van der Waals surface area contributed by atoms with Crippen molar-refractivity contribution >= 4 is 0 Å². The first kappa shape index (κ1) is 13.0. The maximum Gasteiger partial charge on any atom is 0.131 e. The molecule has 19 heavy (non-hydrogen) atoms. The Morgan fingerprint density at radius 2 is 1.68 bits per heavy atom. The molecule has 1 heterocycles. The Morgan fingerprint density at radius 3 is 2.47 bits per heavy atom. The molecule has 2 aliphatic carbocycles. The Balaban J connectivity index is 1.85. The third-order valence-electron chi connectivity index (χ3n) is 4.72. The lowest BCUT2D eigenvalue weighted by atomic mass is 9.98. The van der Waals surface area contributed by atoms with Gasteiger partial charge in [-0.05, 0) is 32.1 Å². The second kappa shape index (κ2) is 6.00. The van der Waals surface area contributed by atoms with Gasteiger partial charge in [0.2, 0.25) is 0 Å². The highest BCUT2D eigenvalue weighted by atomic mass is 14.9. The molecule has 1 unspecified atom stereocenters. The Morgan fingerprint density at radius 1 is 0.947 bits per heavy atom. The average Bonchev–Trinajstić information content (AvgIpc) is 2.80. The molecule has 2 N–H and O–H groups in total. The number of aromatic nitrogens is 2. The molecule has 1 atom stereocenters. The van der Waals surface area contributed by atoms with E-state index in [0.717, 1.165) is 18.7 Å². The van der Waals surface area contributed by atoms with Gasteiger partial charge in [-0.15, -0.1) is 0 Å². The number of nitrogens with zero attached hydrogens (tertiary/aromatic N) is 2. The zero-order valence-corrected chi connectivity index (χ0v) is 11.8. The van der Waals surface area contributed by atoms with E-state index in [1.165, 1.54) is 62.6 Å². The summed E-state index contributed by atoms with van der Waals surface area (Å²) in [5.74, 6) is 1.68. The Labute approximate surface area is 116 Å². The van der Waals surface area contributed by atoms with Gasteiger partial charge in [-0.2, -0.15) is 0 Å². The normalized spacial score (nSPS) is 25.4. The highest BCUT2D eigenvalue weighted by molar-refractivity contribution is 5.23. The fraction of sp³-hybridized carbons (Fsp3) is 0.750. The molecule has 1 aromatic rings. The van der Waals surface area contributed by atoms with Crippen LogP contribution in [0.25, 0.3) is 0 Å². The fourth-order valence-corrected chi connectivity index (χ4v) is 3.50. The van der Waals surface area contributed by atoms with Crippen molar-refractivity contribution in [2.24, 2.45) is 5.73 Å². The quantitative estimate of drug-likeness (QED) is 0.619. The van der Waals surface area contributed by atoms with Crippen molar-refractivity contribution in [3.8, 4) is 0 Å². The number of hydrogen-bond donors (Lipinski definition) is 1. The van der Waals surface area contributed by atoms with Gasteiger partial charge in [-0.3, -0.25) is 0 Å². The molecular weight excluding hydrogens is 234 g/mol. The number of aryl methyl sites for hydroxylation is 1. The molecule has 0 amide bonds. The van der Waals surface area contributed by atoms with Gasteiger partial charge in [-0.25, -0.2) is 9.97 Å². The van der Waals surface area contributed by atoms with Crippen LogP contribution in [-0.4, -0.2) is 9.97 Å². The van der Waals surface area contributed by atoms with Crippen molar-refractivity contribution < 1.29 is 0 Å². The highest BCUT2D eigenvalue weighted by Gasteiger charge is 2.21. The maximum absolute atomic E-state index is 6.22. The summed E-state index contributed by atoms with van der Waals surface area (Å²) in [5, 5.41) is 0. The van der Waals surface area contributed by atoms with E-state index in [4.69, 9.17) is 10.7 Å². The van der Waals surface area contributed by atoms with Crippen LogP contribution in [0.3, 0.4) is 0 Å². The van der Waals surface area contributed by atoms with E-state index in [0.29, 0.717) is 5.92 Å². The SMILES string of the molecule is NC1CCCCc2nc(C3CCCCCC3)ncc21. The van der Waals surface area contributed by atoms with Gasteiger partial charge in [0.15, 0.2) is 0 Å². The summed E-state index contributed by atoms with van der Waals surface area (Å²) in [7, 11) is 0. The monoisotopic (exact) mass is 259 g/mol. The van der Waals surface area contributed by atoms with Crippen molar-refractivity contribution in [2.75, 3.05) is 0 Å². The van der Waals surface area contributed by atoms with E-state index >= 15 is 0 Å². The molecule has 1 aromatic heterocycles. The van der Waals surface area contributed by atoms with E-state index in [-0.39, 0.29) is 6.04 Å². The molecule has 1 fully saturated rings. The summed E-state index contributed by atoms with van der Waals surface area (Å²) < 4.78 is 0. The molecule has 0 aliphatic heterocycles. The average molecular weight is 259 g/mol. The number of hydrogen-bond acceptors (Lipinski definition) is 3. The molecule has 0 bridgehead atoms. The summed E-state index contributed by atoms with van der Waals surface area (Å²) in [6.45, 7) is 0. The maximum atomic E-state index is 6.22. The van der Waals surface area contributed by atoms with Gasteiger partial charge >= 0.3 is 0 Å². The van der Waals surface area contributed by atoms with Crippen LogP contribution in [0.15, 0.2) is 6.20 Å². The number of fused-ring (bicyclic) bond motifs is 1. The molecule has 1 saturated carbocycles. The molecular formula is C16H25N3. The number of rotatable bonds is 1. The Hall–Kier alpha value is -0.960. The molecule has 104 valence electrons. The van der Waals surface area contributed by atoms with Gasteiger partial charge in [0.05, 0.1) is 0 Å². The molecule has 0 saturated heterocycles. The number of nitrogens with two attached hydrogens (primary N) is 1. The lowest BCUT2D eigenvalue weighted by Crippen LogP contribution is -2.14. The van der Waals surface area contributed by atoms with Crippen LogP contribution < -0.4 is 5.73 Å². The lowest BCUT2D eigenvalue weighted by molar-refractivity contribution is 0.554. The first-order valence-corrected chi connectivity index (χ1v) is 7.96. The van der Waals surface area contributed by atoms with Crippen LogP contribution in [0.5, 0.6) is 0 Å². The minimum Gasteiger partial charge on any atom is -0.324 e. The van der Waals surface area contributed by atoms with Crippen molar-refractivity contribution in [1.82, 2.24) is 9.97 Å². The van der Waals surface area contributed by atoms with E-state index in [2.05, 4.69) is 4.98 Å². The minimum atomic E-state index is 0.153. The Kier molecular flexibility index (Phi) is 4.12. The first-order chi connectivity index (χ1) is 9.34. The van der Waals surface area contributed by atoms with Gasteiger partial charge in [0, 0.05) is 29.4 Å². The molecule has 3 rings (SSSR count). The molecule has 3 nitrogen and oxygen atoms in total. The minimum absolute atomic E-state index is 0.153. The highest BCUT2D eigenvalue weighted by Crippen LogP contribution is 2.31.